The van der Waals surface area contributed by atoms with E-state index in [0.29, 0.717) is 10.7 Å². The van der Waals surface area contributed by atoms with Gasteiger partial charge in [-0.3, -0.25) is 19.3 Å². The minimum atomic E-state index is -1.02. The molecule has 0 saturated carbocycles. The SMILES string of the molecule is C=CCN1C(=O)C(=O)N(CC(=O)N[C@H](C)c2ccco2)C1=O. The van der Waals surface area contributed by atoms with Crippen molar-refractivity contribution in [3.8, 4) is 0 Å². The molecule has 1 aromatic rings. The number of rotatable bonds is 6. The van der Waals surface area contributed by atoms with Gasteiger partial charge in [0.25, 0.3) is 0 Å². The molecule has 116 valence electrons. The van der Waals surface area contributed by atoms with Crippen molar-refractivity contribution in [3.05, 3.63) is 36.8 Å². The number of nitrogens with zero attached hydrogens (tertiary/aromatic N) is 2. The Balaban J connectivity index is 1.99. The molecule has 0 spiro atoms. The summed E-state index contributed by atoms with van der Waals surface area (Å²) in [6, 6.07) is 2.12. The normalized spacial score (nSPS) is 16.1. The first-order chi connectivity index (χ1) is 10.5. The predicted octanol–water partition coefficient (Wildman–Crippen LogP) is 0.434. The summed E-state index contributed by atoms with van der Waals surface area (Å²) in [5.41, 5.74) is 0. The summed E-state index contributed by atoms with van der Waals surface area (Å²) >= 11 is 0. The van der Waals surface area contributed by atoms with Crippen LogP contribution in [0.25, 0.3) is 0 Å². The fourth-order valence-corrected chi connectivity index (χ4v) is 2.02. The average Bonchev–Trinajstić information content (AvgIpc) is 3.07. The van der Waals surface area contributed by atoms with E-state index >= 15 is 0 Å². The molecule has 8 nitrogen and oxygen atoms in total. The van der Waals surface area contributed by atoms with Gasteiger partial charge in [0, 0.05) is 6.54 Å². The van der Waals surface area contributed by atoms with Crippen molar-refractivity contribution in [1.82, 2.24) is 15.1 Å². The first-order valence-electron chi connectivity index (χ1n) is 6.56. The summed E-state index contributed by atoms with van der Waals surface area (Å²) in [6.45, 7) is 4.50. The minimum Gasteiger partial charge on any atom is -0.467 e. The number of imide groups is 2. The second kappa shape index (κ2) is 6.25. The number of hydrogen-bond donors (Lipinski definition) is 1. The first kappa shape index (κ1) is 15.5. The molecule has 5 amide bonds. The van der Waals surface area contributed by atoms with E-state index in [1.54, 1.807) is 19.1 Å². The van der Waals surface area contributed by atoms with Gasteiger partial charge in [-0.1, -0.05) is 6.08 Å². The molecule has 2 rings (SSSR count). The molecule has 2 heterocycles. The molecule has 1 atom stereocenters. The lowest BCUT2D eigenvalue weighted by Crippen LogP contribution is -2.42. The van der Waals surface area contributed by atoms with Crippen LogP contribution in [0.2, 0.25) is 0 Å². The van der Waals surface area contributed by atoms with Crippen LogP contribution in [-0.2, 0) is 14.4 Å². The predicted molar refractivity (Wildman–Crippen MR) is 74.3 cm³/mol. The molecular formula is C14H15N3O5. The third kappa shape index (κ3) is 2.90. The van der Waals surface area contributed by atoms with Crippen molar-refractivity contribution >= 4 is 23.8 Å². The van der Waals surface area contributed by atoms with Gasteiger partial charge in [-0.2, -0.15) is 0 Å². The summed E-state index contributed by atoms with van der Waals surface area (Å²) in [5, 5.41) is 2.58. The van der Waals surface area contributed by atoms with E-state index in [4.69, 9.17) is 4.42 Å². The molecular weight excluding hydrogens is 290 g/mol. The molecule has 0 unspecified atom stereocenters. The molecule has 0 bridgehead atoms. The number of carbonyl (C=O) groups is 4. The smallest absolute Gasteiger partial charge is 0.335 e. The maximum Gasteiger partial charge on any atom is 0.335 e. The van der Waals surface area contributed by atoms with Crippen molar-refractivity contribution in [3.63, 3.8) is 0 Å². The topological polar surface area (TPSA) is 99.9 Å². The van der Waals surface area contributed by atoms with E-state index in [9.17, 15) is 19.2 Å². The van der Waals surface area contributed by atoms with Crippen molar-refractivity contribution < 1.29 is 23.6 Å². The average molecular weight is 305 g/mol. The Morgan fingerprint density at radius 1 is 1.36 bits per heavy atom. The number of amides is 5. The minimum absolute atomic E-state index is 0.0790. The van der Waals surface area contributed by atoms with Crippen molar-refractivity contribution in [2.75, 3.05) is 13.1 Å². The highest BCUT2D eigenvalue weighted by Crippen LogP contribution is 2.14. The molecule has 1 fully saturated rings. The highest BCUT2D eigenvalue weighted by Gasteiger charge is 2.44. The van der Waals surface area contributed by atoms with Gasteiger partial charge >= 0.3 is 17.8 Å². The lowest BCUT2D eigenvalue weighted by atomic mass is 10.2. The molecule has 1 saturated heterocycles. The van der Waals surface area contributed by atoms with E-state index in [-0.39, 0.29) is 6.54 Å². The Kier molecular flexibility index (Phi) is 4.40. The summed E-state index contributed by atoms with van der Waals surface area (Å²) in [7, 11) is 0. The van der Waals surface area contributed by atoms with E-state index in [1.807, 2.05) is 0 Å². The highest BCUT2D eigenvalue weighted by molar-refractivity contribution is 6.45. The van der Waals surface area contributed by atoms with Gasteiger partial charge in [-0.15, -0.1) is 6.58 Å². The summed E-state index contributed by atoms with van der Waals surface area (Å²) in [6.07, 6.45) is 2.79. The molecule has 1 aliphatic rings. The molecule has 0 aliphatic carbocycles. The van der Waals surface area contributed by atoms with Crippen LogP contribution in [0.4, 0.5) is 4.79 Å². The third-order valence-electron chi connectivity index (χ3n) is 3.10. The summed E-state index contributed by atoms with van der Waals surface area (Å²) in [5.74, 6) is -2.01. The number of hydrogen-bond acceptors (Lipinski definition) is 5. The van der Waals surface area contributed by atoms with E-state index in [0.717, 1.165) is 4.90 Å². The fraction of sp³-hybridized carbons (Fsp3) is 0.286. The van der Waals surface area contributed by atoms with E-state index < -0.39 is 36.3 Å². The Morgan fingerprint density at radius 3 is 2.64 bits per heavy atom. The van der Waals surface area contributed by atoms with Crippen LogP contribution in [0.3, 0.4) is 0 Å². The standard InChI is InChI=1S/C14H15N3O5/c1-3-6-16-12(19)13(20)17(14(16)21)8-11(18)15-9(2)10-5-4-7-22-10/h3-5,7,9H,1,6,8H2,2H3,(H,15,18)/t9-/m1/s1. The summed E-state index contributed by atoms with van der Waals surface area (Å²) in [4.78, 5) is 48.5. The number of furan rings is 1. The molecule has 22 heavy (non-hydrogen) atoms. The van der Waals surface area contributed by atoms with Crippen LogP contribution in [0.15, 0.2) is 35.5 Å². The maximum absolute atomic E-state index is 11.9. The van der Waals surface area contributed by atoms with E-state index in [2.05, 4.69) is 11.9 Å². The van der Waals surface area contributed by atoms with Crippen LogP contribution in [0, 0.1) is 0 Å². The van der Waals surface area contributed by atoms with Gasteiger partial charge in [0.1, 0.15) is 12.3 Å². The van der Waals surface area contributed by atoms with Crippen LogP contribution in [0.1, 0.15) is 18.7 Å². The first-order valence-corrected chi connectivity index (χ1v) is 6.56. The van der Waals surface area contributed by atoms with Crippen LogP contribution in [-0.4, -0.2) is 46.6 Å². The molecule has 1 N–H and O–H groups in total. The van der Waals surface area contributed by atoms with E-state index in [1.165, 1.54) is 12.3 Å². The Bertz CT molecular complexity index is 622. The third-order valence-corrected chi connectivity index (χ3v) is 3.10. The fourth-order valence-electron chi connectivity index (χ4n) is 2.02. The van der Waals surface area contributed by atoms with Crippen LogP contribution >= 0.6 is 0 Å². The van der Waals surface area contributed by atoms with Gasteiger partial charge in [0.15, 0.2) is 0 Å². The van der Waals surface area contributed by atoms with Crippen LogP contribution < -0.4 is 5.32 Å². The zero-order valence-electron chi connectivity index (χ0n) is 11.9. The second-order valence-electron chi connectivity index (χ2n) is 4.68. The van der Waals surface area contributed by atoms with Gasteiger partial charge in [-0.05, 0) is 19.1 Å². The van der Waals surface area contributed by atoms with Gasteiger partial charge in [-0.25, -0.2) is 9.69 Å². The Labute approximate surface area is 126 Å². The molecule has 1 aliphatic heterocycles. The van der Waals surface area contributed by atoms with Gasteiger partial charge in [0.05, 0.1) is 12.3 Å². The maximum atomic E-state index is 11.9. The van der Waals surface area contributed by atoms with Crippen molar-refractivity contribution in [2.24, 2.45) is 0 Å². The Hall–Kier alpha value is -2.90. The van der Waals surface area contributed by atoms with Gasteiger partial charge < -0.3 is 9.73 Å². The zero-order valence-corrected chi connectivity index (χ0v) is 11.9. The number of carbonyl (C=O) groups excluding carboxylic acids is 4. The molecule has 0 radical (unpaired) electrons. The largest absolute Gasteiger partial charge is 0.467 e. The quantitative estimate of drug-likeness (QED) is 0.467. The molecule has 8 heteroatoms. The number of nitrogens with one attached hydrogen (secondary N) is 1. The summed E-state index contributed by atoms with van der Waals surface area (Å²) < 4.78 is 5.14. The highest BCUT2D eigenvalue weighted by atomic mass is 16.3. The zero-order chi connectivity index (χ0) is 16.3. The lowest BCUT2D eigenvalue weighted by Gasteiger charge is -2.16. The Morgan fingerprint density at radius 2 is 2.05 bits per heavy atom. The monoisotopic (exact) mass is 305 g/mol. The lowest BCUT2D eigenvalue weighted by molar-refractivity contribution is -0.143. The second-order valence-corrected chi connectivity index (χ2v) is 4.68. The molecule has 1 aromatic heterocycles. The van der Waals surface area contributed by atoms with Gasteiger partial charge in [0.2, 0.25) is 5.91 Å². The van der Waals surface area contributed by atoms with Crippen LogP contribution in [0.5, 0.6) is 0 Å². The van der Waals surface area contributed by atoms with Crippen molar-refractivity contribution in [1.29, 1.82) is 0 Å². The number of urea groups is 1. The molecule has 0 aromatic carbocycles. The van der Waals surface area contributed by atoms with Crippen molar-refractivity contribution in [2.45, 2.75) is 13.0 Å².